The lowest BCUT2D eigenvalue weighted by Gasteiger charge is -2.29. The van der Waals surface area contributed by atoms with Crippen molar-refractivity contribution in [1.82, 2.24) is 14.0 Å². The fourth-order valence-electron chi connectivity index (χ4n) is 10.9. The van der Waals surface area contributed by atoms with E-state index in [4.69, 9.17) is 4.98 Å². The molecular weight excluding hydrogens is 717 g/mol. The monoisotopic (exact) mass is 756 g/mol. The zero-order valence-electron chi connectivity index (χ0n) is 32.5. The highest BCUT2D eigenvalue weighted by Crippen LogP contribution is 2.50. The summed E-state index contributed by atoms with van der Waals surface area (Å²) in [6.07, 6.45) is 19.5. The van der Waals surface area contributed by atoms with Crippen LogP contribution in [-0.4, -0.2) is 20.0 Å². The summed E-state index contributed by atoms with van der Waals surface area (Å²) >= 11 is 0. The minimum absolute atomic E-state index is 0.331. The van der Waals surface area contributed by atoms with E-state index in [0.717, 1.165) is 35.9 Å². The van der Waals surface area contributed by atoms with Gasteiger partial charge in [0.05, 0.1) is 28.1 Å². The maximum atomic E-state index is 5.36. The average molecular weight is 757 g/mol. The number of hydrogen-bond acceptors (Lipinski definition) is 2. The van der Waals surface area contributed by atoms with Gasteiger partial charge in [-0.25, -0.2) is 4.98 Å². The maximum absolute atomic E-state index is 5.36. The SMILES string of the molecule is C1=CC2C3CC(c4ccc5c6ccc(C7=Cc8c(n(-c9ccccc9)c9ccccc89)CC7)cc6c6nc7ccccc7n6c5c4)=CC=C3N(c3ccccc3)C2C=C1. The van der Waals surface area contributed by atoms with Crippen molar-refractivity contribution >= 4 is 72.2 Å². The predicted octanol–water partition coefficient (Wildman–Crippen LogP) is 13.1. The van der Waals surface area contributed by atoms with Crippen molar-refractivity contribution in [3.63, 3.8) is 0 Å². The van der Waals surface area contributed by atoms with Crippen LogP contribution in [0.3, 0.4) is 0 Å². The van der Waals surface area contributed by atoms with Gasteiger partial charge in [-0.2, -0.15) is 0 Å². The number of hydrogen-bond donors (Lipinski definition) is 0. The highest BCUT2D eigenvalue weighted by molar-refractivity contribution is 6.15. The highest BCUT2D eigenvalue weighted by Gasteiger charge is 2.44. The van der Waals surface area contributed by atoms with E-state index in [1.807, 2.05) is 0 Å². The Morgan fingerprint density at radius 2 is 1.27 bits per heavy atom. The van der Waals surface area contributed by atoms with Crippen LogP contribution in [0.2, 0.25) is 0 Å². The topological polar surface area (TPSA) is 25.5 Å². The summed E-state index contributed by atoms with van der Waals surface area (Å²) < 4.78 is 4.88. The normalized spacial score (nSPS) is 19.6. The Bertz CT molecular complexity index is 3370. The van der Waals surface area contributed by atoms with Crippen LogP contribution in [-0.2, 0) is 6.42 Å². The van der Waals surface area contributed by atoms with Crippen molar-refractivity contribution in [2.75, 3.05) is 4.90 Å². The number of benzene rings is 6. The molecular formula is C55H40N4. The molecule has 9 aromatic rings. The summed E-state index contributed by atoms with van der Waals surface area (Å²) in [7, 11) is 0. The Morgan fingerprint density at radius 1 is 0.542 bits per heavy atom. The fourth-order valence-corrected chi connectivity index (χ4v) is 10.9. The number of aromatic nitrogens is 3. The Labute approximate surface area is 342 Å². The first-order valence-corrected chi connectivity index (χ1v) is 21.0. The molecule has 280 valence electrons. The molecule has 4 heterocycles. The van der Waals surface area contributed by atoms with Crippen LogP contribution in [0, 0.1) is 11.8 Å². The van der Waals surface area contributed by atoms with Crippen LogP contribution >= 0.6 is 0 Å². The summed E-state index contributed by atoms with van der Waals surface area (Å²) in [4.78, 5) is 7.92. The fraction of sp³-hybridized carbons (Fsp3) is 0.109. The number of allylic oxidation sites excluding steroid dienone is 7. The van der Waals surface area contributed by atoms with E-state index in [1.165, 1.54) is 83.2 Å². The van der Waals surface area contributed by atoms with Gasteiger partial charge in [0.1, 0.15) is 5.65 Å². The van der Waals surface area contributed by atoms with E-state index in [0.29, 0.717) is 17.9 Å². The van der Waals surface area contributed by atoms with Crippen molar-refractivity contribution in [1.29, 1.82) is 0 Å². The van der Waals surface area contributed by atoms with Crippen LogP contribution in [0.4, 0.5) is 5.69 Å². The quantitative estimate of drug-likeness (QED) is 0.167. The second-order valence-corrected chi connectivity index (χ2v) is 16.6. The second-order valence-electron chi connectivity index (χ2n) is 16.6. The number of fused-ring (bicyclic) bond motifs is 14. The molecule has 3 aromatic heterocycles. The molecule has 4 aliphatic rings. The third-order valence-corrected chi connectivity index (χ3v) is 13.6. The van der Waals surface area contributed by atoms with E-state index < -0.39 is 0 Å². The molecule has 1 saturated heterocycles. The summed E-state index contributed by atoms with van der Waals surface area (Å²) in [6, 6.07) is 53.8. The summed E-state index contributed by atoms with van der Waals surface area (Å²) in [6.45, 7) is 0. The molecule has 0 spiro atoms. The largest absolute Gasteiger partial charge is 0.337 e. The molecule has 0 bridgehead atoms. The van der Waals surface area contributed by atoms with Crippen LogP contribution in [0.5, 0.6) is 0 Å². The van der Waals surface area contributed by atoms with E-state index >= 15 is 0 Å². The summed E-state index contributed by atoms with van der Waals surface area (Å²) in [5.41, 5.74) is 17.6. The zero-order chi connectivity index (χ0) is 38.6. The first-order chi connectivity index (χ1) is 29.3. The van der Waals surface area contributed by atoms with Crippen molar-refractivity contribution in [3.8, 4) is 5.69 Å². The Morgan fingerprint density at radius 3 is 2.14 bits per heavy atom. The third-order valence-electron chi connectivity index (χ3n) is 13.6. The molecule has 13 rings (SSSR count). The van der Waals surface area contributed by atoms with Gasteiger partial charge in [-0.05, 0) is 114 Å². The number of imidazole rings is 1. The standard InChI is InChI=1S/C55H40N4/c1-3-13-39(14-4-1)57-49-20-10-7-17-42(49)45-31-36(25-29-51(45)57)35-23-27-41-44-28-24-38(34-54(44)59-53-22-12-9-19-48(53)56-55(59)47(41)33-35)37-26-30-52-46(32-37)43-18-8-11-21-50(43)58(52)40-15-5-2-6-16-40/h1-24,26-28,30-31,33-34,43,46,50H,25,29,32H2. The van der Waals surface area contributed by atoms with E-state index in [2.05, 4.69) is 202 Å². The average Bonchev–Trinajstić information content (AvgIpc) is 3.97. The number of pyridine rings is 1. The highest BCUT2D eigenvalue weighted by atomic mass is 15.2. The molecule has 6 aromatic carbocycles. The Balaban J connectivity index is 0.949. The number of anilines is 1. The molecule has 3 unspecified atom stereocenters. The van der Waals surface area contributed by atoms with Crippen molar-refractivity contribution in [2.24, 2.45) is 11.8 Å². The smallest absolute Gasteiger partial charge is 0.146 e. The van der Waals surface area contributed by atoms with E-state index in [9.17, 15) is 0 Å². The van der Waals surface area contributed by atoms with Crippen molar-refractivity contribution in [3.05, 3.63) is 210 Å². The van der Waals surface area contributed by atoms with Crippen LogP contribution in [0.1, 0.15) is 35.2 Å². The molecule has 1 aliphatic heterocycles. The Kier molecular flexibility index (Phi) is 7.06. The van der Waals surface area contributed by atoms with Crippen LogP contribution < -0.4 is 4.90 Å². The lowest BCUT2D eigenvalue weighted by atomic mass is 9.79. The van der Waals surface area contributed by atoms with Gasteiger partial charge in [-0.1, -0.05) is 121 Å². The van der Waals surface area contributed by atoms with Gasteiger partial charge in [0.2, 0.25) is 0 Å². The summed E-state index contributed by atoms with van der Waals surface area (Å²) in [5, 5.41) is 4.99. The minimum Gasteiger partial charge on any atom is -0.337 e. The molecule has 4 heteroatoms. The molecule has 59 heavy (non-hydrogen) atoms. The number of para-hydroxylation sites is 5. The molecule has 0 radical (unpaired) electrons. The molecule has 0 N–H and O–H groups in total. The third kappa shape index (κ3) is 4.87. The first-order valence-electron chi connectivity index (χ1n) is 21.0. The molecule has 0 saturated carbocycles. The van der Waals surface area contributed by atoms with Gasteiger partial charge in [-0.15, -0.1) is 0 Å². The molecule has 3 atom stereocenters. The van der Waals surface area contributed by atoms with E-state index in [-0.39, 0.29) is 0 Å². The minimum atomic E-state index is 0.331. The van der Waals surface area contributed by atoms with Gasteiger partial charge >= 0.3 is 0 Å². The predicted molar refractivity (Wildman–Crippen MR) is 246 cm³/mol. The first kappa shape index (κ1) is 32.9. The molecule has 1 fully saturated rings. The van der Waals surface area contributed by atoms with Gasteiger partial charge in [0, 0.05) is 56.3 Å². The lowest BCUT2D eigenvalue weighted by molar-refractivity contribution is 0.497. The van der Waals surface area contributed by atoms with Crippen LogP contribution in [0.25, 0.3) is 72.2 Å². The number of nitrogens with zero attached hydrogens (tertiary/aromatic N) is 4. The Hall–Kier alpha value is -7.17. The van der Waals surface area contributed by atoms with Crippen molar-refractivity contribution < 1.29 is 0 Å². The number of rotatable bonds is 4. The lowest BCUT2D eigenvalue weighted by Crippen LogP contribution is -2.30. The van der Waals surface area contributed by atoms with Crippen LogP contribution in [0.15, 0.2) is 188 Å². The maximum Gasteiger partial charge on any atom is 0.146 e. The molecule has 0 amide bonds. The summed E-state index contributed by atoms with van der Waals surface area (Å²) in [5.74, 6) is 0.854. The van der Waals surface area contributed by atoms with Crippen molar-refractivity contribution in [2.45, 2.75) is 25.3 Å². The zero-order valence-corrected chi connectivity index (χ0v) is 32.5. The van der Waals surface area contributed by atoms with Gasteiger partial charge in [-0.3, -0.25) is 4.40 Å². The van der Waals surface area contributed by atoms with E-state index in [1.54, 1.807) is 0 Å². The van der Waals surface area contributed by atoms with Gasteiger partial charge in [0.15, 0.2) is 0 Å². The molecule has 3 aliphatic carbocycles. The second kappa shape index (κ2) is 12.7. The van der Waals surface area contributed by atoms with Gasteiger partial charge in [0.25, 0.3) is 0 Å². The molecule has 4 nitrogen and oxygen atoms in total. The van der Waals surface area contributed by atoms with Gasteiger partial charge < -0.3 is 9.47 Å².